The lowest BCUT2D eigenvalue weighted by molar-refractivity contribution is -0.129. The maximum atomic E-state index is 11.8. The van der Waals surface area contributed by atoms with Crippen LogP contribution >= 0.6 is 11.8 Å². The van der Waals surface area contributed by atoms with E-state index in [9.17, 15) is 9.59 Å². The molecule has 102 valence electrons. The highest BCUT2D eigenvalue weighted by Crippen LogP contribution is 2.06. The Labute approximate surface area is 119 Å². The lowest BCUT2D eigenvalue weighted by atomic mass is 10.3. The Balaban J connectivity index is 2.46. The molecule has 0 saturated heterocycles. The van der Waals surface area contributed by atoms with Crippen molar-refractivity contribution in [2.75, 3.05) is 6.61 Å². The number of aliphatic carboxylic acids is 1. The molecule has 0 bridgehead atoms. The molecule has 1 N–H and O–H groups in total. The summed E-state index contributed by atoms with van der Waals surface area (Å²) in [7, 11) is 0. The summed E-state index contributed by atoms with van der Waals surface area (Å²) in [6.45, 7) is 0.242. The second kappa shape index (κ2) is 6.72. The molecule has 20 heavy (non-hydrogen) atoms. The van der Waals surface area contributed by atoms with Crippen molar-refractivity contribution in [3.8, 4) is 0 Å². The molecular formula is C14H11NO4S. The summed E-state index contributed by atoms with van der Waals surface area (Å²) >= 11 is 0.785. The van der Waals surface area contributed by atoms with Gasteiger partial charge in [-0.2, -0.15) is 0 Å². The Hall–Kier alpha value is -2.34. The second-order valence-corrected chi connectivity index (χ2v) is 4.61. The van der Waals surface area contributed by atoms with Crippen molar-refractivity contribution in [1.82, 2.24) is 0 Å². The summed E-state index contributed by atoms with van der Waals surface area (Å²) in [4.78, 5) is 26.4. The Morgan fingerprint density at radius 2 is 2.05 bits per heavy atom. The van der Waals surface area contributed by atoms with E-state index in [1.807, 2.05) is 24.3 Å². The van der Waals surface area contributed by atoms with Gasteiger partial charge in [0.15, 0.2) is 0 Å². The summed E-state index contributed by atoms with van der Waals surface area (Å²) in [5.41, 5.74) is -0.510. The van der Waals surface area contributed by atoms with E-state index >= 15 is 0 Å². The van der Waals surface area contributed by atoms with Crippen LogP contribution in [0.1, 0.15) is 0 Å². The third-order valence-corrected chi connectivity index (χ3v) is 3.18. The predicted octanol–water partition coefficient (Wildman–Crippen LogP) is 0.492. The highest BCUT2D eigenvalue weighted by Gasteiger charge is 2.18. The minimum atomic E-state index is -1.35. The number of carboxylic acid groups (broad SMARTS) is 1. The SMILES string of the molecule is O=C(O)C1=NC=CCOC=c2ccccc2=CSC1=O. The van der Waals surface area contributed by atoms with E-state index in [1.54, 1.807) is 11.7 Å². The zero-order valence-corrected chi connectivity index (χ0v) is 11.2. The number of carbonyl (C=O) groups excluding carboxylic acids is 1. The predicted molar refractivity (Wildman–Crippen MR) is 77.4 cm³/mol. The van der Waals surface area contributed by atoms with Crippen LogP contribution in [0.25, 0.3) is 11.7 Å². The van der Waals surface area contributed by atoms with Gasteiger partial charge >= 0.3 is 5.97 Å². The van der Waals surface area contributed by atoms with E-state index in [0.29, 0.717) is 0 Å². The van der Waals surface area contributed by atoms with Crippen LogP contribution in [0.15, 0.2) is 41.5 Å². The van der Waals surface area contributed by atoms with Crippen LogP contribution in [-0.2, 0) is 14.3 Å². The van der Waals surface area contributed by atoms with Crippen molar-refractivity contribution in [1.29, 1.82) is 0 Å². The van der Waals surface area contributed by atoms with E-state index in [0.717, 1.165) is 22.2 Å². The highest BCUT2D eigenvalue weighted by atomic mass is 32.2. The topological polar surface area (TPSA) is 76.0 Å². The fourth-order valence-electron chi connectivity index (χ4n) is 1.46. The largest absolute Gasteiger partial charge is 0.496 e. The number of carboxylic acids is 1. The first-order chi connectivity index (χ1) is 9.68. The number of carbonyl (C=O) groups is 2. The van der Waals surface area contributed by atoms with Gasteiger partial charge < -0.3 is 9.84 Å². The summed E-state index contributed by atoms with van der Waals surface area (Å²) in [5.74, 6) is -1.35. The summed E-state index contributed by atoms with van der Waals surface area (Å²) < 4.78 is 5.31. The second-order valence-electron chi connectivity index (χ2n) is 3.77. The van der Waals surface area contributed by atoms with Gasteiger partial charge in [-0.3, -0.25) is 4.79 Å². The third kappa shape index (κ3) is 3.58. The molecule has 0 amide bonds. The molecule has 5 nitrogen and oxygen atoms in total. The smallest absolute Gasteiger partial charge is 0.359 e. The molecule has 0 saturated carbocycles. The minimum absolute atomic E-state index is 0.242. The van der Waals surface area contributed by atoms with Gasteiger partial charge in [0.25, 0.3) is 0 Å². The van der Waals surface area contributed by atoms with Crippen LogP contribution in [0, 0.1) is 0 Å². The van der Waals surface area contributed by atoms with Gasteiger partial charge in [-0.1, -0.05) is 36.0 Å². The van der Waals surface area contributed by atoms with Crippen molar-refractivity contribution < 1.29 is 19.4 Å². The van der Waals surface area contributed by atoms with Crippen molar-refractivity contribution in [3.63, 3.8) is 0 Å². The molecule has 0 atom stereocenters. The fraction of sp³-hybridized carbons (Fsp3) is 0.0714. The molecule has 1 aliphatic heterocycles. The zero-order valence-electron chi connectivity index (χ0n) is 10.4. The maximum absolute atomic E-state index is 11.8. The number of hydrogen-bond donors (Lipinski definition) is 1. The fourth-order valence-corrected chi connectivity index (χ4v) is 2.16. The standard InChI is InChI=1S/C14H11NO4S/c16-13(17)12-14(18)20-9-11-5-2-1-4-10(11)8-19-7-3-6-15-12/h1-6,8-9H,7H2,(H,16,17). The van der Waals surface area contributed by atoms with Crippen molar-refractivity contribution >= 4 is 40.2 Å². The van der Waals surface area contributed by atoms with Gasteiger partial charge in [0, 0.05) is 11.4 Å². The molecule has 0 fully saturated rings. The molecular weight excluding hydrogens is 278 g/mol. The third-order valence-electron chi connectivity index (χ3n) is 2.40. The average Bonchev–Trinajstić information content (AvgIpc) is 2.43. The zero-order chi connectivity index (χ0) is 14.4. The van der Waals surface area contributed by atoms with Gasteiger partial charge in [-0.25, -0.2) is 9.79 Å². The number of hydrogen-bond acceptors (Lipinski definition) is 5. The number of nitrogens with zero attached hydrogens (tertiary/aromatic N) is 1. The monoisotopic (exact) mass is 289 g/mol. The molecule has 0 spiro atoms. The highest BCUT2D eigenvalue weighted by molar-refractivity contribution is 8.21. The summed E-state index contributed by atoms with van der Waals surface area (Å²) in [6, 6.07) is 7.34. The molecule has 0 aliphatic carbocycles. The Kier molecular flexibility index (Phi) is 4.73. The maximum Gasteiger partial charge on any atom is 0.359 e. The first-order valence-corrected chi connectivity index (χ1v) is 6.60. The summed E-state index contributed by atoms with van der Waals surface area (Å²) in [5, 5.41) is 11.5. The van der Waals surface area contributed by atoms with Crippen molar-refractivity contribution in [3.05, 3.63) is 47.0 Å². The molecule has 1 aromatic rings. The van der Waals surface area contributed by atoms with E-state index < -0.39 is 16.8 Å². The number of ether oxygens (including phenoxy) is 1. The average molecular weight is 289 g/mol. The first kappa shape index (κ1) is 14.1. The summed E-state index contributed by atoms with van der Waals surface area (Å²) in [6.07, 6.45) is 4.37. The van der Waals surface area contributed by atoms with Gasteiger partial charge in [0.2, 0.25) is 10.8 Å². The Bertz CT molecular complexity index is 706. The molecule has 2 rings (SSSR count). The molecule has 0 unspecified atom stereocenters. The van der Waals surface area contributed by atoms with Crippen LogP contribution < -0.4 is 10.4 Å². The van der Waals surface area contributed by atoms with Crippen LogP contribution in [0.5, 0.6) is 0 Å². The lowest BCUT2D eigenvalue weighted by Gasteiger charge is -1.99. The van der Waals surface area contributed by atoms with Gasteiger partial charge in [-0.05, 0) is 16.7 Å². The first-order valence-electron chi connectivity index (χ1n) is 5.72. The van der Waals surface area contributed by atoms with Crippen LogP contribution in [-0.4, -0.2) is 28.5 Å². The van der Waals surface area contributed by atoms with Crippen molar-refractivity contribution in [2.45, 2.75) is 0 Å². The number of benzene rings is 1. The van der Waals surface area contributed by atoms with Gasteiger partial charge in [0.05, 0.1) is 6.26 Å². The van der Waals surface area contributed by atoms with Crippen molar-refractivity contribution in [2.24, 2.45) is 4.99 Å². The van der Waals surface area contributed by atoms with Crippen LogP contribution in [0.3, 0.4) is 0 Å². The number of fused-ring (bicyclic) bond motifs is 1. The van der Waals surface area contributed by atoms with E-state index in [4.69, 9.17) is 9.84 Å². The van der Waals surface area contributed by atoms with E-state index in [-0.39, 0.29) is 6.61 Å². The minimum Gasteiger partial charge on any atom is -0.496 e. The van der Waals surface area contributed by atoms with E-state index in [1.165, 1.54) is 12.3 Å². The lowest BCUT2D eigenvalue weighted by Crippen LogP contribution is -2.25. The quantitative estimate of drug-likeness (QED) is 0.814. The molecule has 1 aromatic carbocycles. The number of thioether (sulfide) groups is 1. The number of aliphatic imine (C=N–C) groups is 1. The molecule has 0 radical (unpaired) electrons. The molecule has 0 aromatic heterocycles. The van der Waals surface area contributed by atoms with Gasteiger partial charge in [0.1, 0.15) is 6.61 Å². The van der Waals surface area contributed by atoms with Crippen LogP contribution in [0.2, 0.25) is 0 Å². The van der Waals surface area contributed by atoms with Crippen LogP contribution in [0.4, 0.5) is 0 Å². The number of rotatable bonds is 1. The van der Waals surface area contributed by atoms with E-state index in [2.05, 4.69) is 4.99 Å². The van der Waals surface area contributed by atoms with Gasteiger partial charge in [-0.15, -0.1) is 0 Å². The molecule has 1 heterocycles. The Morgan fingerprint density at radius 3 is 2.80 bits per heavy atom. The molecule has 6 heteroatoms. The molecule has 1 aliphatic rings. The normalized spacial score (nSPS) is 15.4. The Morgan fingerprint density at radius 1 is 1.30 bits per heavy atom.